The molecule has 2 unspecified atom stereocenters. The van der Waals surface area contributed by atoms with Gasteiger partial charge in [0.2, 0.25) is 11.8 Å². The van der Waals surface area contributed by atoms with Crippen LogP contribution in [0, 0.1) is 5.41 Å². The zero-order valence-corrected chi connectivity index (χ0v) is 16.8. The van der Waals surface area contributed by atoms with Crippen LogP contribution in [-0.4, -0.2) is 60.4 Å². The number of para-hydroxylation sites is 1. The van der Waals surface area contributed by atoms with Gasteiger partial charge in [-0.3, -0.25) is 14.5 Å². The second-order valence-corrected chi connectivity index (χ2v) is 8.49. The van der Waals surface area contributed by atoms with E-state index in [4.69, 9.17) is 4.74 Å². The van der Waals surface area contributed by atoms with E-state index in [0.717, 1.165) is 30.8 Å². The fourth-order valence-corrected chi connectivity index (χ4v) is 3.74. The molecule has 0 aromatic heterocycles. The molecular weight excluding hydrogens is 342 g/mol. The van der Waals surface area contributed by atoms with Gasteiger partial charge in [-0.25, -0.2) is 0 Å². The minimum Gasteiger partial charge on any atom is -0.493 e. The van der Waals surface area contributed by atoms with Crippen molar-refractivity contribution in [2.75, 3.05) is 32.8 Å². The number of fused-ring (bicyclic) bond motifs is 1. The summed E-state index contributed by atoms with van der Waals surface area (Å²) in [5, 5.41) is 3.19. The van der Waals surface area contributed by atoms with Crippen LogP contribution < -0.4 is 10.1 Å². The molecule has 0 spiro atoms. The van der Waals surface area contributed by atoms with E-state index in [9.17, 15) is 9.59 Å². The Labute approximate surface area is 161 Å². The lowest BCUT2D eigenvalue weighted by atomic mass is 9.94. The summed E-state index contributed by atoms with van der Waals surface area (Å²) >= 11 is 0. The molecule has 3 rings (SSSR count). The third kappa shape index (κ3) is 4.43. The average molecular weight is 373 g/mol. The Hall–Kier alpha value is -2.08. The second-order valence-electron chi connectivity index (χ2n) is 8.49. The summed E-state index contributed by atoms with van der Waals surface area (Å²) in [6.07, 6.45) is 0.781. The first-order chi connectivity index (χ1) is 12.8. The van der Waals surface area contributed by atoms with Gasteiger partial charge in [-0.2, -0.15) is 0 Å². The van der Waals surface area contributed by atoms with E-state index >= 15 is 0 Å². The largest absolute Gasteiger partial charge is 0.493 e. The van der Waals surface area contributed by atoms with Gasteiger partial charge in [-0.15, -0.1) is 0 Å². The summed E-state index contributed by atoms with van der Waals surface area (Å²) in [4.78, 5) is 29.3. The predicted molar refractivity (Wildman–Crippen MR) is 105 cm³/mol. The van der Waals surface area contributed by atoms with Crippen molar-refractivity contribution in [1.82, 2.24) is 15.1 Å². The number of amides is 2. The van der Waals surface area contributed by atoms with E-state index in [1.807, 2.05) is 56.9 Å². The summed E-state index contributed by atoms with van der Waals surface area (Å²) in [7, 11) is 0. The van der Waals surface area contributed by atoms with E-state index in [1.165, 1.54) is 0 Å². The third-order valence-corrected chi connectivity index (χ3v) is 5.45. The second kappa shape index (κ2) is 7.89. The molecule has 6 nitrogen and oxygen atoms in total. The molecule has 2 aliphatic heterocycles. The van der Waals surface area contributed by atoms with Crippen LogP contribution in [-0.2, 0) is 9.59 Å². The molecule has 2 atom stereocenters. The van der Waals surface area contributed by atoms with Crippen molar-refractivity contribution in [2.24, 2.45) is 5.41 Å². The van der Waals surface area contributed by atoms with Crippen molar-refractivity contribution in [3.8, 4) is 5.75 Å². The van der Waals surface area contributed by atoms with Gasteiger partial charge in [0.1, 0.15) is 5.75 Å². The minimum absolute atomic E-state index is 0.00587. The molecule has 1 aromatic rings. The lowest BCUT2D eigenvalue weighted by molar-refractivity contribution is -0.142. The van der Waals surface area contributed by atoms with Gasteiger partial charge >= 0.3 is 0 Å². The highest BCUT2D eigenvalue weighted by Gasteiger charge is 2.33. The van der Waals surface area contributed by atoms with Gasteiger partial charge in [-0.1, -0.05) is 39.0 Å². The minimum atomic E-state index is -0.360. The fourth-order valence-electron chi connectivity index (χ4n) is 3.74. The van der Waals surface area contributed by atoms with Gasteiger partial charge < -0.3 is 15.0 Å². The highest BCUT2D eigenvalue weighted by Crippen LogP contribution is 2.31. The summed E-state index contributed by atoms with van der Waals surface area (Å²) in [6.45, 7) is 11.2. The Morgan fingerprint density at radius 3 is 2.48 bits per heavy atom. The molecule has 27 heavy (non-hydrogen) atoms. The van der Waals surface area contributed by atoms with Gasteiger partial charge in [0, 0.05) is 43.6 Å². The Balaban J connectivity index is 1.56. The highest BCUT2D eigenvalue weighted by molar-refractivity contribution is 5.83. The molecule has 2 heterocycles. The maximum Gasteiger partial charge on any atom is 0.237 e. The molecule has 2 amide bonds. The average Bonchev–Trinajstić information content (AvgIpc) is 2.66. The topological polar surface area (TPSA) is 61.9 Å². The number of carbonyl (C=O) groups is 2. The standard InChI is InChI=1S/C21H31N3O3/c1-15(23-10-12-24(13-11-23)20(26)21(2,3)4)19(25)22-17-9-14-27-18-8-6-5-7-16(17)18/h5-8,15,17H,9-14H2,1-4H3,(H,22,25). The van der Waals surface area contributed by atoms with Crippen LogP contribution in [0.3, 0.4) is 0 Å². The smallest absolute Gasteiger partial charge is 0.237 e. The molecule has 1 aromatic carbocycles. The van der Waals surface area contributed by atoms with Crippen molar-refractivity contribution < 1.29 is 14.3 Å². The first-order valence-electron chi connectivity index (χ1n) is 9.83. The quantitative estimate of drug-likeness (QED) is 0.882. The highest BCUT2D eigenvalue weighted by atomic mass is 16.5. The van der Waals surface area contributed by atoms with Gasteiger partial charge in [-0.05, 0) is 13.0 Å². The van der Waals surface area contributed by atoms with Crippen molar-refractivity contribution in [1.29, 1.82) is 0 Å². The van der Waals surface area contributed by atoms with Crippen molar-refractivity contribution in [3.05, 3.63) is 29.8 Å². The van der Waals surface area contributed by atoms with Gasteiger partial charge in [0.25, 0.3) is 0 Å². The zero-order chi connectivity index (χ0) is 19.6. The Bertz CT molecular complexity index is 690. The van der Waals surface area contributed by atoms with Gasteiger partial charge in [0.15, 0.2) is 0 Å². The van der Waals surface area contributed by atoms with Crippen LogP contribution in [0.25, 0.3) is 0 Å². The summed E-state index contributed by atoms with van der Waals surface area (Å²) in [5.74, 6) is 1.07. The molecule has 1 N–H and O–H groups in total. The van der Waals surface area contributed by atoms with E-state index < -0.39 is 0 Å². The summed E-state index contributed by atoms with van der Waals surface area (Å²) in [6, 6.07) is 7.66. The molecule has 0 radical (unpaired) electrons. The number of carbonyl (C=O) groups excluding carboxylic acids is 2. The van der Waals surface area contributed by atoms with E-state index in [0.29, 0.717) is 19.7 Å². The number of nitrogens with one attached hydrogen (secondary N) is 1. The Morgan fingerprint density at radius 1 is 1.15 bits per heavy atom. The van der Waals surface area contributed by atoms with Crippen molar-refractivity contribution in [2.45, 2.75) is 46.2 Å². The molecular formula is C21H31N3O3. The molecule has 1 saturated heterocycles. The molecule has 0 aliphatic carbocycles. The SMILES string of the molecule is CC(C(=O)NC1CCOc2ccccc21)N1CCN(C(=O)C(C)(C)C)CC1. The first kappa shape index (κ1) is 19.7. The molecule has 0 saturated carbocycles. The Kier molecular flexibility index (Phi) is 5.75. The number of ether oxygens (including phenoxy) is 1. The van der Waals surface area contributed by atoms with E-state index in [2.05, 4.69) is 10.2 Å². The van der Waals surface area contributed by atoms with Crippen LogP contribution in [0.1, 0.15) is 45.7 Å². The van der Waals surface area contributed by atoms with Crippen LogP contribution in [0.5, 0.6) is 5.75 Å². The maximum absolute atomic E-state index is 12.8. The monoisotopic (exact) mass is 373 g/mol. The molecule has 148 valence electrons. The molecule has 2 aliphatic rings. The summed E-state index contributed by atoms with van der Waals surface area (Å²) in [5.41, 5.74) is 0.687. The fraction of sp³-hybridized carbons (Fsp3) is 0.619. The molecule has 1 fully saturated rings. The summed E-state index contributed by atoms with van der Waals surface area (Å²) < 4.78 is 5.67. The lowest BCUT2D eigenvalue weighted by Crippen LogP contribution is -2.56. The lowest BCUT2D eigenvalue weighted by Gasteiger charge is -2.40. The number of benzene rings is 1. The molecule has 0 bridgehead atoms. The third-order valence-electron chi connectivity index (χ3n) is 5.45. The van der Waals surface area contributed by atoms with Gasteiger partial charge in [0.05, 0.1) is 18.7 Å². The van der Waals surface area contributed by atoms with Crippen molar-refractivity contribution in [3.63, 3.8) is 0 Å². The number of rotatable bonds is 3. The van der Waals surface area contributed by atoms with Crippen molar-refractivity contribution >= 4 is 11.8 Å². The number of nitrogens with zero attached hydrogens (tertiary/aromatic N) is 2. The van der Waals surface area contributed by atoms with Crippen LogP contribution in [0.15, 0.2) is 24.3 Å². The van der Waals surface area contributed by atoms with E-state index in [1.54, 1.807) is 0 Å². The van der Waals surface area contributed by atoms with Crippen LogP contribution in [0.2, 0.25) is 0 Å². The van der Waals surface area contributed by atoms with E-state index in [-0.39, 0.29) is 29.3 Å². The number of piperazine rings is 1. The number of hydrogen-bond acceptors (Lipinski definition) is 4. The Morgan fingerprint density at radius 2 is 1.81 bits per heavy atom. The normalized spacial score (nSPS) is 21.8. The number of hydrogen-bond donors (Lipinski definition) is 1. The molecule has 6 heteroatoms. The predicted octanol–water partition coefficient (Wildman–Crippen LogP) is 2.21. The van der Waals surface area contributed by atoms with Crippen LogP contribution >= 0.6 is 0 Å². The van der Waals surface area contributed by atoms with Crippen LogP contribution in [0.4, 0.5) is 0 Å². The first-order valence-corrected chi connectivity index (χ1v) is 9.83. The zero-order valence-electron chi connectivity index (χ0n) is 16.8. The maximum atomic E-state index is 12.8.